The molecular weight excluding hydrogens is 174 g/mol. The summed E-state index contributed by atoms with van der Waals surface area (Å²) in [6, 6.07) is 0. The Bertz CT molecular complexity index is 366. The van der Waals surface area contributed by atoms with E-state index in [9.17, 15) is 0 Å². The maximum atomic E-state index is 5.54. The number of hydrogen-bond acceptors (Lipinski definition) is 2. The monoisotopic (exact) mass is 191 g/mol. The average Bonchev–Trinajstić information content (AvgIpc) is 2.43. The molecule has 1 heterocycles. The lowest BCUT2D eigenvalue weighted by molar-refractivity contribution is 0.683. The molecule has 0 bridgehead atoms. The largest absolute Gasteiger partial charge is 0.330 e. The van der Waals surface area contributed by atoms with E-state index >= 15 is 0 Å². The zero-order valence-electron chi connectivity index (χ0n) is 9.09. The zero-order chi connectivity index (χ0) is 10.6. The summed E-state index contributed by atoms with van der Waals surface area (Å²) in [5.74, 6) is 5.88. The smallest absolute Gasteiger partial charge is 0.102 e. The minimum Gasteiger partial charge on any atom is -0.330 e. The highest BCUT2D eigenvalue weighted by Gasteiger charge is 2.09. The maximum absolute atomic E-state index is 5.54. The molecule has 0 unspecified atom stereocenters. The summed E-state index contributed by atoms with van der Waals surface area (Å²) >= 11 is 0. The van der Waals surface area contributed by atoms with Gasteiger partial charge in [0.1, 0.15) is 6.54 Å². The van der Waals surface area contributed by atoms with Gasteiger partial charge in [0.15, 0.2) is 0 Å². The van der Waals surface area contributed by atoms with Crippen molar-refractivity contribution in [3.8, 4) is 11.8 Å². The highest BCUT2D eigenvalue weighted by molar-refractivity contribution is 5.25. The molecule has 0 aromatic carbocycles. The molecule has 1 aromatic rings. The highest BCUT2D eigenvalue weighted by Crippen LogP contribution is 2.12. The van der Waals surface area contributed by atoms with Crippen LogP contribution in [0.4, 0.5) is 0 Å². The minimum absolute atomic E-state index is 0.673. The maximum Gasteiger partial charge on any atom is 0.102 e. The lowest BCUT2D eigenvalue weighted by Gasteiger charge is -2.00. The Balaban J connectivity index is 2.95. The van der Waals surface area contributed by atoms with Crippen LogP contribution in [-0.4, -0.2) is 16.3 Å². The molecule has 0 saturated heterocycles. The Kier molecular flexibility index (Phi) is 3.73. The van der Waals surface area contributed by atoms with Gasteiger partial charge in [-0.1, -0.05) is 5.92 Å². The first-order chi connectivity index (χ1) is 6.70. The molecule has 0 atom stereocenters. The van der Waals surface area contributed by atoms with Gasteiger partial charge in [-0.3, -0.25) is 4.68 Å². The number of rotatable bonds is 3. The van der Waals surface area contributed by atoms with Crippen LogP contribution in [0.15, 0.2) is 0 Å². The second-order valence-electron chi connectivity index (χ2n) is 3.27. The van der Waals surface area contributed by atoms with Gasteiger partial charge in [0.25, 0.3) is 0 Å². The van der Waals surface area contributed by atoms with Crippen LogP contribution in [0.3, 0.4) is 0 Å². The summed E-state index contributed by atoms with van der Waals surface area (Å²) in [4.78, 5) is 0. The van der Waals surface area contributed by atoms with Gasteiger partial charge in [-0.25, -0.2) is 0 Å². The standard InChI is InChI=1S/C11H17N3/c1-4-5-8-14-10(3)11(6-7-12)9(2)13-14/h6-8,12H2,1-3H3. The number of hydrogen-bond donors (Lipinski definition) is 1. The molecule has 0 aliphatic rings. The normalized spacial score (nSPS) is 9.71. The van der Waals surface area contributed by atoms with Crippen LogP contribution >= 0.6 is 0 Å². The van der Waals surface area contributed by atoms with Crippen LogP contribution in [0.1, 0.15) is 23.9 Å². The average molecular weight is 191 g/mol. The van der Waals surface area contributed by atoms with Gasteiger partial charge < -0.3 is 5.73 Å². The summed E-state index contributed by atoms with van der Waals surface area (Å²) in [5, 5.41) is 4.42. The van der Waals surface area contributed by atoms with Crippen LogP contribution in [0, 0.1) is 25.7 Å². The minimum atomic E-state index is 0.673. The summed E-state index contributed by atoms with van der Waals surface area (Å²) in [5.41, 5.74) is 9.08. The summed E-state index contributed by atoms with van der Waals surface area (Å²) in [6.45, 7) is 7.28. The first kappa shape index (κ1) is 10.8. The first-order valence-corrected chi connectivity index (χ1v) is 4.83. The van der Waals surface area contributed by atoms with Crippen molar-refractivity contribution in [1.29, 1.82) is 0 Å². The quantitative estimate of drug-likeness (QED) is 0.725. The van der Waals surface area contributed by atoms with E-state index in [0.29, 0.717) is 13.1 Å². The Labute approximate surface area is 85.3 Å². The molecule has 0 spiro atoms. The van der Waals surface area contributed by atoms with Crippen molar-refractivity contribution in [3.05, 3.63) is 17.0 Å². The van der Waals surface area contributed by atoms with E-state index < -0.39 is 0 Å². The molecule has 3 nitrogen and oxygen atoms in total. The predicted octanol–water partition coefficient (Wildman–Crippen LogP) is 1.02. The van der Waals surface area contributed by atoms with Crippen molar-refractivity contribution in [3.63, 3.8) is 0 Å². The molecule has 2 N–H and O–H groups in total. The van der Waals surface area contributed by atoms with E-state index in [2.05, 4.69) is 23.9 Å². The van der Waals surface area contributed by atoms with Gasteiger partial charge in [0.2, 0.25) is 0 Å². The molecule has 0 amide bonds. The fraction of sp³-hybridized carbons (Fsp3) is 0.545. The summed E-state index contributed by atoms with van der Waals surface area (Å²) in [6.07, 6.45) is 0.900. The van der Waals surface area contributed by atoms with Gasteiger partial charge in [0.05, 0.1) is 5.69 Å². The summed E-state index contributed by atoms with van der Waals surface area (Å²) in [7, 11) is 0. The third kappa shape index (κ3) is 2.15. The Morgan fingerprint density at radius 2 is 2.14 bits per heavy atom. The molecule has 1 aromatic heterocycles. The van der Waals surface area contributed by atoms with Crippen molar-refractivity contribution in [2.75, 3.05) is 6.54 Å². The van der Waals surface area contributed by atoms with Crippen molar-refractivity contribution in [1.82, 2.24) is 9.78 Å². The zero-order valence-corrected chi connectivity index (χ0v) is 9.09. The second kappa shape index (κ2) is 4.83. The molecular formula is C11H17N3. The molecule has 76 valence electrons. The third-order valence-electron chi connectivity index (χ3n) is 2.33. The summed E-state index contributed by atoms with van der Waals surface area (Å²) < 4.78 is 1.94. The SMILES string of the molecule is CC#CCn1nc(C)c(CCN)c1C. The number of nitrogens with two attached hydrogens (primary N) is 1. The fourth-order valence-corrected chi connectivity index (χ4v) is 1.55. The molecule has 14 heavy (non-hydrogen) atoms. The van der Waals surface area contributed by atoms with Crippen LogP contribution in [0.2, 0.25) is 0 Å². The Morgan fingerprint density at radius 1 is 1.43 bits per heavy atom. The molecule has 1 rings (SSSR count). The van der Waals surface area contributed by atoms with Crippen molar-refractivity contribution in [2.24, 2.45) is 5.73 Å². The number of nitrogens with zero attached hydrogens (tertiary/aromatic N) is 2. The van der Waals surface area contributed by atoms with Gasteiger partial charge >= 0.3 is 0 Å². The molecule has 0 aliphatic carbocycles. The molecule has 0 fully saturated rings. The van der Waals surface area contributed by atoms with E-state index in [4.69, 9.17) is 5.73 Å². The van der Waals surface area contributed by atoms with Gasteiger partial charge in [-0.15, -0.1) is 5.92 Å². The second-order valence-corrected chi connectivity index (χ2v) is 3.27. The Hall–Kier alpha value is -1.27. The van der Waals surface area contributed by atoms with Gasteiger partial charge in [-0.05, 0) is 39.3 Å². The molecule has 0 saturated carbocycles. The van der Waals surface area contributed by atoms with Crippen molar-refractivity contribution < 1.29 is 0 Å². The topological polar surface area (TPSA) is 43.8 Å². The highest BCUT2D eigenvalue weighted by atomic mass is 15.3. The number of aryl methyl sites for hydroxylation is 1. The lowest BCUT2D eigenvalue weighted by atomic mass is 10.1. The van der Waals surface area contributed by atoms with Crippen molar-refractivity contribution >= 4 is 0 Å². The lowest BCUT2D eigenvalue weighted by Crippen LogP contribution is -2.05. The number of aromatic nitrogens is 2. The predicted molar refractivity (Wildman–Crippen MR) is 57.9 cm³/mol. The van der Waals surface area contributed by atoms with E-state index in [1.54, 1.807) is 0 Å². The van der Waals surface area contributed by atoms with E-state index in [1.165, 1.54) is 11.3 Å². The van der Waals surface area contributed by atoms with Crippen LogP contribution < -0.4 is 5.73 Å². The van der Waals surface area contributed by atoms with E-state index in [1.807, 2.05) is 18.5 Å². The molecule has 3 heteroatoms. The third-order valence-corrected chi connectivity index (χ3v) is 2.33. The van der Waals surface area contributed by atoms with Gasteiger partial charge in [-0.2, -0.15) is 5.10 Å². The van der Waals surface area contributed by atoms with Crippen LogP contribution in [0.25, 0.3) is 0 Å². The van der Waals surface area contributed by atoms with E-state index in [-0.39, 0.29) is 0 Å². The molecule has 0 radical (unpaired) electrons. The fourth-order valence-electron chi connectivity index (χ4n) is 1.55. The van der Waals surface area contributed by atoms with Crippen LogP contribution in [0.5, 0.6) is 0 Å². The molecule has 0 aliphatic heterocycles. The van der Waals surface area contributed by atoms with Crippen LogP contribution in [-0.2, 0) is 13.0 Å². The van der Waals surface area contributed by atoms with E-state index in [0.717, 1.165) is 12.1 Å². The Morgan fingerprint density at radius 3 is 2.71 bits per heavy atom. The first-order valence-electron chi connectivity index (χ1n) is 4.83. The van der Waals surface area contributed by atoms with Crippen molar-refractivity contribution in [2.45, 2.75) is 33.7 Å². The van der Waals surface area contributed by atoms with Gasteiger partial charge in [0, 0.05) is 5.69 Å².